The van der Waals surface area contributed by atoms with Gasteiger partial charge in [0.1, 0.15) is 5.75 Å². The van der Waals surface area contributed by atoms with E-state index in [1.807, 2.05) is 32.0 Å². The zero-order valence-corrected chi connectivity index (χ0v) is 16.9. The van der Waals surface area contributed by atoms with Crippen molar-refractivity contribution >= 4 is 17.4 Å². The van der Waals surface area contributed by atoms with Crippen LogP contribution in [-0.4, -0.2) is 6.61 Å². The molecule has 0 saturated heterocycles. The first-order valence-electron chi connectivity index (χ1n) is 7.88. The first kappa shape index (κ1) is 24.4. The lowest BCUT2D eigenvalue weighted by Gasteiger charge is -2.20. The molecular formula is C17H30O4P2. The van der Waals surface area contributed by atoms with Crippen molar-refractivity contribution in [2.24, 2.45) is 11.3 Å². The monoisotopic (exact) mass is 360 g/mol. The molecule has 0 aromatic heterocycles. The van der Waals surface area contributed by atoms with Gasteiger partial charge in [-0.1, -0.05) is 59.7 Å². The fourth-order valence-electron chi connectivity index (χ4n) is 1.44. The summed E-state index contributed by atoms with van der Waals surface area (Å²) >= 11 is 0. The van der Waals surface area contributed by atoms with Crippen molar-refractivity contribution < 1.29 is 18.2 Å². The predicted octanol–water partition coefficient (Wildman–Crippen LogP) is 6.97. The molecule has 6 heteroatoms. The Bertz CT molecular complexity index is 391. The summed E-state index contributed by atoms with van der Waals surface area (Å²) in [6.07, 6.45) is 2.33. The van der Waals surface area contributed by atoms with Crippen molar-refractivity contribution in [2.45, 2.75) is 54.4 Å². The summed E-state index contributed by atoms with van der Waals surface area (Å²) in [6, 6.07) is 8.99. The van der Waals surface area contributed by atoms with Gasteiger partial charge in [0.2, 0.25) is 0 Å². The van der Waals surface area contributed by atoms with Crippen LogP contribution in [0.4, 0.5) is 0 Å². The van der Waals surface area contributed by atoms with Crippen molar-refractivity contribution in [1.82, 2.24) is 0 Å². The van der Waals surface area contributed by atoms with E-state index >= 15 is 0 Å². The Morgan fingerprint density at radius 3 is 2.04 bits per heavy atom. The van der Waals surface area contributed by atoms with Crippen LogP contribution in [0.2, 0.25) is 0 Å². The van der Waals surface area contributed by atoms with Crippen LogP contribution in [0.25, 0.3) is 0 Å². The average molecular weight is 360 g/mol. The molecule has 0 fully saturated rings. The molecule has 132 valence electrons. The van der Waals surface area contributed by atoms with E-state index in [0.29, 0.717) is 23.7 Å². The molecule has 23 heavy (non-hydrogen) atoms. The highest BCUT2D eigenvalue weighted by Crippen LogP contribution is 2.23. The molecule has 0 spiro atoms. The van der Waals surface area contributed by atoms with Crippen molar-refractivity contribution in [3.63, 3.8) is 0 Å². The van der Waals surface area contributed by atoms with Crippen LogP contribution in [-0.2, 0) is 13.7 Å². The maximum atomic E-state index is 9.99. The normalized spacial score (nSPS) is 11.7. The second-order valence-corrected chi connectivity index (χ2v) is 6.79. The maximum absolute atomic E-state index is 9.99. The standard InChI is InChI=1S/C9H19O2P.C6H5O2P.C2H6/c1-8(7-11-12-10)5-6-9(2,3)4;7-9-8-6-4-2-1-3-5-6;1-2/h8H,5-7H2,1-4H3;1-5H;1-2H3. The van der Waals surface area contributed by atoms with Crippen LogP contribution in [0.3, 0.4) is 0 Å². The molecule has 1 aromatic rings. The fourth-order valence-corrected chi connectivity index (χ4v) is 1.97. The highest BCUT2D eigenvalue weighted by atomic mass is 31.1. The summed E-state index contributed by atoms with van der Waals surface area (Å²) in [6.45, 7) is 13.4. The summed E-state index contributed by atoms with van der Waals surface area (Å²) in [5.41, 5.74) is 0.392. The first-order valence-corrected chi connectivity index (χ1v) is 9.34. The van der Waals surface area contributed by atoms with E-state index in [2.05, 4.69) is 32.2 Å². The van der Waals surface area contributed by atoms with Gasteiger partial charge in [-0.05, 0) is 36.3 Å². The van der Waals surface area contributed by atoms with Crippen LogP contribution in [0, 0.1) is 11.3 Å². The Balaban J connectivity index is 0. The molecule has 1 atom stereocenters. The average Bonchev–Trinajstić information content (AvgIpc) is 2.54. The largest absolute Gasteiger partial charge is 0.408 e. The highest BCUT2D eigenvalue weighted by Gasteiger charge is 2.12. The Morgan fingerprint density at radius 1 is 1.04 bits per heavy atom. The smallest absolute Gasteiger partial charge is 0.395 e. The third kappa shape index (κ3) is 19.1. The molecule has 0 aliphatic carbocycles. The van der Waals surface area contributed by atoms with Gasteiger partial charge in [-0.3, -0.25) is 4.52 Å². The van der Waals surface area contributed by atoms with Crippen LogP contribution < -0.4 is 4.52 Å². The van der Waals surface area contributed by atoms with Gasteiger partial charge in [-0.15, -0.1) is 0 Å². The van der Waals surface area contributed by atoms with Gasteiger partial charge in [0.25, 0.3) is 0 Å². The Morgan fingerprint density at radius 2 is 1.61 bits per heavy atom. The molecule has 1 aromatic carbocycles. The van der Waals surface area contributed by atoms with Crippen molar-refractivity contribution in [3.05, 3.63) is 30.3 Å². The topological polar surface area (TPSA) is 52.6 Å². The van der Waals surface area contributed by atoms with Gasteiger partial charge in [-0.25, -0.2) is 9.13 Å². The van der Waals surface area contributed by atoms with Crippen LogP contribution >= 0.6 is 17.4 Å². The van der Waals surface area contributed by atoms with Crippen molar-refractivity contribution in [2.75, 3.05) is 6.61 Å². The van der Waals surface area contributed by atoms with Crippen molar-refractivity contribution in [1.29, 1.82) is 0 Å². The zero-order valence-electron chi connectivity index (χ0n) is 15.1. The molecule has 0 saturated carbocycles. The van der Waals surface area contributed by atoms with Crippen molar-refractivity contribution in [3.8, 4) is 5.75 Å². The minimum atomic E-state index is -0.305. The SMILES string of the molecule is CC.CC(CCC(C)(C)C)COP=O.O=POc1ccccc1. The van der Waals surface area contributed by atoms with Crippen LogP contribution in [0.15, 0.2) is 30.3 Å². The van der Waals surface area contributed by atoms with E-state index in [-0.39, 0.29) is 17.4 Å². The molecule has 0 amide bonds. The number of para-hydroxylation sites is 1. The lowest BCUT2D eigenvalue weighted by atomic mass is 9.87. The van der Waals surface area contributed by atoms with Crippen LogP contribution in [0.1, 0.15) is 54.4 Å². The first-order chi connectivity index (χ1) is 10.9. The molecule has 0 radical (unpaired) electrons. The van der Waals surface area contributed by atoms with E-state index < -0.39 is 0 Å². The maximum Gasteiger partial charge on any atom is 0.395 e. The molecule has 0 aliphatic rings. The summed E-state index contributed by atoms with van der Waals surface area (Å²) in [4.78, 5) is 0. The van der Waals surface area contributed by atoms with Gasteiger partial charge >= 0.3 is 17.4 Å². The molecule has 0 N–H and O–H groups in total. The van der Waals surface area contributed by atoms with Crippen LogP contribution in [0.5, 0.6) is 5.75 Å². The van der Waals surface area contributed by atoms with E-state index in [1.165, 1.54) is 6.42 Å². The summed E-state index contributed by atoms with van der Waals surface area (Å²) in [5, 5.41) is 0. The van der Waals surface area contributed by atoms with Gasteiger partial charge < -0.3 is 4.52 Å². The molecule has 1 unspecified atom stereocenters. The van der Waals surface area contributed by atoms with E-state index in [0.717, 1.165) is 6.42 Å². The lowest BCUT2D eigenvalue weighted by molar-refractivity contribution is 0.245. The zero-order chi connectivity index (χ0) is 18.1. The predicted molar refractivity (Wildman–Crippen MR) is 97.4 cm³/mol. The molecule has 1 rings (SSSR count). The minimum absolute atomic E-state index is 0.198. The van der Waals surface area contributed by atoms with E-state index in [1.54, 1.807) is 12.1 Å². The number of hydrogen-bond acceptors (Lipinski definition) is 4. The summed E-state index contributed by atoms with van der Waals surface area (Å²) in [7, 11) is -0.503. The minimum Gasteiger partial charge on any atom is -0.408 e. The number of rotatable bonds is 7. The van der Waals surface area contributed by atoms with Gasteiger partial charge in [0, 0.05) is 0 Å². The Kier molecular flexibility index (Phi) is 17.1. The lowest BCUT2D eigenvalue weighted by Crippen LogP contribution is -2.09. The third-order valence-corrected chi connectivity index (χ3v) is 3.22. The van der Waals surface area contributed by atoms with E-state index in [4.69, 9.17) is 4.52 Å². The molecule has 4 nitrogen and oxygen atoms in total. The highest BCUT2D eigenvalue weighted by molar-refractivity contribution is 7.17. The third-order valence-electron chi connectivity index (χ3n) is 2.68. The molecule has 0 heterocycles. The fraction of sp³-hybridized carbons (Fsp3) is 0.647. The molecular weight excluding hydrogens is 330 g/mol. The van der Waals surface area contributed by atoms with Gasteiger partial charge in [0.15, 0.2) is 0 Å². The second-order valence-electron chi connectivity index (χ2n) is 6.05. The number of hydrogen-bond donors (Lipinski definition) is 0. The molecule has 0 aliphatic heterocycles. The Labute approximate surface area is 144 Å². The summed E-state index contributed by atoms with van der Waals surface area (Å²) < 4.78 is 29.2. The van der Waals surface area contributed by atoms with Gasteiger partial charge in [0.05, 0.1) is 6.61 Å². The summed E-state index contributed by atoms with van der Waals surface area (Å²) in [5.74, 6) is 1.12. The molecule has 0 bridgehead atoms. The van der Waals surface area contributed by atoms with Gasteiger partial charge in [-0.2, -0.15) is 0 Å². The quantitative estimate of drug-likeness (QED) is 0.493. The van der Waals surface area contributed by atoms with E-state index in [9.17, 15) is 9.13 Å². The Hall–Kier alpha value is -0.820. The number of benzene rings is 1. The second kappa shape index (κ2) is 16.1.